The summed E-state index contributed by atoms with van der Waals surface area (Å²) < 4.78 is 13.3. The Kier molecular flexibility index (Phi) is 3.50. The highest BCUT2D eigenvalue weighted by Gasteiger charge is 2.28. The molecule has 1 fully saturated rings. The SMILES string of the molecule is CC(C)N1CCCC1c1cc(F)cc(Cl)c1. The van der Waals surface area contributed by atoms with E-state index in [1.165, 1.54) is 12.5 Å². The number of benzene rings is 1. The fourth-order valence-corrected chi connectivity index (χ4v) is 2.76. The van der Waals surface area contributed by atoms with Gasteiger partial charge in [-0.15, -0.1) is 0 Å². The van der Waals surface area contributed by atoms with Gasteiger partial charge in [-0.2, -0.15) is 0 Å². The first-order chi connectivity index (χ1) is 7.58. The third-order valence-corrected chi connectivity index (χ3v) is 3.45. The van der Waals surface area contributed by atoms with Crippen LogP contribution in [0.5, 0.6) is 0 Å². The number of halogens is 2. The average molecular weight is 242 g/mol. The predicted octanol–water partition coefficient (Wildman–Crippen LogP) is 4.02. The van der Waals surface area contributed by atoms with Crippen LogP contribution in [0.25, 0.3) is 0 Å². The third kappa shape index (κ3) is 2.38. The summed E-state index contributed by atoms with van der Waals surface area (Å²) in [5.41, 5.74) is 1.01. The lowest BCUT2D eigenvalue weighted by molar-refractivity contribution is 0.205. The molecule has 1 aromatic carbocycles. The Morgan fingerprint density at radius 2 is 2.12 bits per heavy atom. The van der Waals surface area contributed by atoms with Crippen molar-refractivity contribution in [2.24, 2.45) is 0 Å². The Morgan fingerprint density at radius 3 is 2.75 bits per heavy atom. The van der Waals surface area contributed by atoms with Gasteiger partial charge in [-0.1, -0.05) is 11.6 Å². The van der Waals surface area contributed by atoms with Gasteiger partial charge in [0.2, 0.25) is 0 Å². The molecule has 0 amide bonds. The van der Waals surface area contributed by atoms with Gasteiger partial charge in [-0.05, 0) is 57.0 Å². The number of likely N-dealkylation sites (tertiary alicyclic amines) is 1. The van der Waals surface area contributed by atoms with Crippen molar-refractivity contribution in [1.29, 1.82) is 0 Å². The van der Waals surface area contributed by atoms with E-state index < -0.39 is 0 Å². The van der Waals surface area contributed by atoms with Gasteiger partial charge in [-0.3, -0.25) is 4.90 Å². The Balaban J connectivity index is 2.29. The maximum Gasteiger partial charge on any atom is 0.125 e. The van der Waals surface area contributed by atoms with E-state index in [1.807, 2.05) is 6.07 Å². The fourth-order valence-electron chi connectivity index (χ4n) is 2.53. The van der Waals surface area contributed by atoms with Crippen molar-refractivity contribution in [3.8, 4) is 0 Å². The lowest BCUT2D eigenvalue weighted by atomic mass is 10.0. The highest BCUT2D eigenvalue weighted by atomic mass is 35.5. The number of hydrogen-bond donors (Lipinski definition) is 0. The Hall–Kier alpha value is -0.600. The molecule has 2 rings (SSSR count). The largest absolute Gasteiger partial charge is 0.294 e. The number of hydrogen-bond acceptors (Lipinski definition) is 1. The first-order valence-electron chi connectivity index (χ1n) is 5.79. The zero-order valence-electron chi connectivity index (χ0n) is 9.71. The van der Waals surface area contributed by atoms with Gasteiger partial charge in [0.15, 0.2) is 0 Å². The summed E-state index contributed by atoms with van der Waals surface area (Å²) in [4.78, 5) is 2.41. The zero-order valence-corrected chi connectivity index (χ0v) is 10.5. The molecule has 1 saturated heterocycles. The summed E-state index contributed by atoms with van der Waals surface area (Å²) in [6, 6.07) is 5.68. The van der Waals surface area contributed by atoms with Gasteiger partial charge in [0.05, 0.1) is 0 Å². The van der Waals surface area contributed by atoms with E-state index in [0.717, 1.165) is 18.5 Å². The number of nitrogens with zero attached hydrogens (tertiary/aromatic N) is 1. The summed E-state index contributed by atoms with van der Waals surface area (Å²) in [6.45, 7) is 5.45. The molecule has 1 aromatic rings. The standard InChI is InChI=1S/C13H17ClFN/c1-9(2)16-5-3-4-13(16)10-6-11(14)8-12(15)7-10/h6-9,13H,3-5H2,1-2H3. The molecule has 1 atom stereocenters. The summed E-state index contributed by atoms with van der Waals surface area (Å²) in [5, 5.41) is 0.491. The fraction of sp³-hybridized carbons (Fsp3) is 0.538. The lowest BCUT2D eigenvalue weighted by Crippen LogP contribution is -2.30. The van der Waals surface area contributed by atoms with E-state index in [9.17, 15) is 4.39 Å². The van der Waals surface area contributed by atoms with Crippen LogP contribution in [0.15, 0.2) is 18.2 Å². The van der Waals surface area contributed by atoms with Gasteiger partial charge in [-0.25, -0.2) is 4.39 Å². The molecule has 88 valence electrons. The molecule has 0 bridgehead atoms. The van der Waals surface area contributed by atoms with Crippen LogP contribution in [0.2, 0.25) is 5.02 Å². The Bertz CT molecular complexity index is 358. The van der Waals surface area contributed by atoms with Crippen molar-refractivity contribution < 1.29 is 4.39 Å². The first-order valence-corrected chi connectivity index (χ1v) is 6.17. The van der Waals surface area contributed by atoms with Crippen LogP contribution >= 0.6 is 11.6 Å². The average Bonchev–Trinajstić information content (AvgIpc) is 2.63. The zero-order chi connectivity index (χ0) is 11.7. The second kappa shape index (κ2) is 4.72. The quantitative estimate of drug-likeness (QED) is 0.756. The number of rotatable bonds is 2. The summed E-state index contributed by atoms with van der Waals surface area (Å²) in [7, 11) is 0. The molecule has 0 aliphatic carbocycles. The van der Waals surface area contributed by atoms with Gasteiger partial charge >= 0.3 is 0 Å². The molecule has 1 aliphatic rings. The second-order valence-corrected chi connectivity index (χ2v) is 5.13. The monoisotopic (exact) mass is 241 g/mol. The minimum Gasteiger partial charge on any atom is -0.294 e. The summed E-state index contributed by atoms with van der Waals surface area (Å²) >= 11 is 5.90. The minimum atomic E-state index is -0.238. The molecule has 1 nitrogen and oxygen atoms in total. The molecule has 1 heterocycles. The molecule has 1 aliphatic heterocycles. The third-order valence-electron chi connectivity index (χ3n) is 3.23. The van der Waals surface area contributed by atoms with Crippen molar-refractivity contribution in [1.82, 2.24) is 4.90 Å². The van der Waals surface area contributed by atoms with Crippen LogP contribution in [0, 0.1) is 5.82 Å². The molecule has 0 spiro atoms. The molecule has 1 unspecified atom stereocenters. The smallest absolute Gasteiger partial charge is 0.125 e. The first kappa shape index (κ1) is 11.9. The van der Waals surface area contributed by atoms with Gasteiger partial charge in [0, 0.05) is 17.1 Å². The van der Waals surface area contributed by atoms with E-state index in [-0.39, 0.29) is 5.82 Å². The second-order valence-electron chi connectivity index (χ2n) is 4.69. The normalized spacial score (nSPS) is 21.9. The summed E-state index contributed by atoms with van der Waals surface area (Å²) in [6.07, 6.45) is 2.27. The van der Waals surface area contributed by atoms with Crippen molar-refractivity contribution in [2.75, 3.05) is 6.54 Å². The lowest BCUT2D eigenvalue weighted by Gasteiger charge is -2.28. The Labute approximate surface area is 101 Å². The van der Waals surface area contributed by atoms with E-state index >= 15 is 0 Å². The highest BCUT2D eigenvalue weighted by molar-refractivity contribution is 6.30. The van der Waals surface area contributed by atoms with Crippen LogP contribution in [0.1, 0.15) is 38.3 Å². The molecule has 0 saturated carbocycles. The van der Waals surface area contributed by atoms with Crippen LogP contribution < -0.4 is 0 Å². The Morgan fingerprint density at radius 1 is 1.38 bits per heavy atom. The van der Waals surface area contributed by atoms with E-state index in [0.29, 0.717) is 17.1 Å². The van der Waals surface area contributed by atoms with E-state index in [2.05, 4.69) is 18.7 Å². The van der Waals surface area contributed by atoms with Crippen molar-refractivity contribution in [3.05, 3.63) is 34.6 Å². The van der Waals surface area contributed by atoms with Crippen LogP contribution in [-0.2, 0) is 0 Å². The van der Waals surface area contributed by atoms with Crippen LogP contribution in [-0.4, -0.2) is 17.5 Å². The van der Waals surface area contributed by atoms with Crippen LogP contribution in [0.4, 0.5) is 4.39 Å². The van der Waals surface area contributed by atoms with Crippen molar-refractivity contribution >= 4 is 11.6 Å². The van der Waals surface area contributed by atoms with E-state index in [4.69, 9.17) is 11.6 Å². The molecule has 16 heavy (non-hydrogen) atoms. The van der Waals surface area contributed by atoms with Crippen molar-refractivity contribution in [3.63, 3.8) is 0 Å². The predicted molar refractivity (Wildman–Crippen MR) is 65.2 cm³/mol. The van der Waals surface area contributed by atoms with Crippen LogP contribution in [0.3, 0.4) is 0 Å². The highest BCUT2D eigenvalue weighted by Crippen LogP contribution is 2.34. The molecule has 3 heteroatoms. The summed E-state index contributed by atoms with van der Waals surface area (Å²) in [5.74, 6) is -0.238. The van der Waals surface area contributed by atoms with Gasteiger partial charge in [0.25, 0.3) is 0 Å². The topological polar surface area (TPSA) is 3.24 Å². The van der Waals surface area contributed by atoms with Crippen molar-refractivity contribution in [2.45, 2.75) is 38.8 Å². The maximum atomic E-state index is 13.3. The van der Waals surface area contributed by atoms with Gasteiger partial charge in [0.1, 0.15) is 5.82 Å². The maximum absolute atomic E-state index is 13.3. The van der Waals surface area contributed by atoms with Gasteiger partial charge < -0.3 is 0 Å². The molecular formula is C13H17ClFN. The molecule has 0 aromatic heterocycles. The van der Waals surface area contributed by atoms with E-state index in [1.54, 1.807) is 6.07 Å². The molecular weight excluding hydrogens is 225 g/mol. The molecule has 0 N–H and O–H groups in total. The minimum absolute atomic E-state index is 0.238. The molecule has 0 radical (unpaired) electrons.